The summed E-state index contributed by atoms with van der Waals surface area (Å²) in [5.74, 6) is -0.422. The number of benzene rings is 2. The van der Waals surface area contributed by atoms with E-state index < -0.39 is 34.7 Å². The minimum absolute atomic E-state index is 0.104. The molecule has 1 atom stereocenters. The fraction of sp³-hybridized carbons (Fsp3) is 0.429. The Morgan fingerprint density at radius 1 is 1.02 bits per heavy atom. The molecule has 3 aliphatic rings. The van der Waals surface area contributed by atoms with Crippen LogP contribution in [0.5, 0.6) is 0 Å². The van der Waals surface area contributed by atoms with Gasteiger partial charge in [-0.2, -0.15) is 10.2 Å². The maximum atomic E-state index is 16.0. The first-order chi connectivity index (χ1) is 22.3. The molecule has 0 unspecified atom stereocenters. The molecule has 2 aliphatic carbocycles. The summed E-state index contributed by atoms with van der Waals surface area (Å²) in [6.07, 6.45) is 7.86. The number of aryl methyl sites for hydroxylation is 2. The molecule has 1 spiro atoms. The lowest BCUT2D eigenvalue weighted by molar-refractivity contribution is 0.0126. The summed E-state index contributed by atoms with van der Waals surface area (Å²) in [5, 5.41) is 9.87. The van der Waals surface area contributed by atoms with Gasteiger partial charge in [0.2, 0.25) is 0 Å². The molecule has 47 heavy (non-hydrogen) atoms. The molecule has 2 fully saturated rings. The second-order valence-corrected chi connectivity index (χ2v) is 14.4. The van der Waals surface area contributed by atoms with Crippen LogP contribution in [0.25, 0.3) is 28.1 Å². The summed E-state index contributed by atoms with van der Waals surface area (Å²) >= 11 is 0. The molecule has 10 nitrogen and oxygen atoms in total. The van der Waals surface area contributed by atoms with Crippen LogP contribution in [0.2, 0.25) is 0 Å². The smallest absolute Gasteiger partial charge is 0.410 e. The first-order valence-corrected chi connectivity index (χ1v) is 16.1. The van der Waals surface area contributed by atoms with E-state index in [1.54, 1.807) is 53.9 Å². The Morgan fingerprint density at radius 3 is 2.34 bits per heavy atom. The quantitative estimate of drug-likeness (QED) is 0.217. The SMILES string of the molecule is Cc1cc(-n2nc3c(c2-n2ccn(-c4ccc5c(cnn5C5CC5)c4F)c2=O)[C@H](C)N(C(=O)OC(C)(C)C)CC32CC2)cc(C)c1F. The lowest BCUT2D eigenvalue weighted by atomic mass is 9.88. The molecule has 0 radical (unpaired) electrons. The van der Waals surface area contributed by atoms with Crippen LogP contribution < -0.4 is 5.69 Å². The monoisotopic (exact) mass is 641 g/mol. The summed E-state index contributed by atoms with van der Waals surface area (Å²) in [7, 11) is 0. The zero-order chi connectivity index (χ0) is 33.2. The van der Waals surface area contributed by atoms with Gasteiger partial charge >= 0.3 is 11.8 Å². The van der Waals surface area contributed by atoms with Gasteiger partial charge in [-0.05, 0) is 103 Å². The zero-order valence-corrected chi connectivity index (χ0v) is 27.3. The van der Waals surface area contributed by atoms with Gasteiger partial charge in [0.05, 0.1) is 46.3 Å². The number of aromatic nitrogens is 6. The van der Waals surface area contributed by atoms with Gasteiger partial charge in [0.15, 0.2) is 5.82 Å². The third-order valence-corrected chi connectivity index (χ3v) is 9.76. The second-order valence-electron chi connectivity index (χ2n) is 14.4. The highest BCUT2D eigenvalue weighted by Crippen LogP contribution is 2.56. The molecule has 0 saturated heterocycles. The summed E-state index contributed by atoms with van der Waals surface area (Å²) in [6, 6.07) is 6.59. The number of halogens is 2. The summed E-state index contributed by atoms with van der Waals surface area (Å²) in [4.78, 5) is 29.6. The van der Waals surface area contributed by atoms with Gasteiger partial charge < -0.3 is 9.64 Å². The van der Waals surface area contributed by atoms with E-state index >= 15 is 4.39 Å². The van der Waals surface area contributed by atoms with Crippen LogP contribution in [-0.4, -0.2) is 51.8 Å². The van der Waals surface area contributed by atoms with Gasteiger partial charge in [-0.3, -0.25) is 13.8 Å². The fourth-order valence-corrected chi connectivity index (χ4v) is 7.03. The molecule has 1 amide bonds. The van der Waals surface area contributed by atoms with Crippen molar-refractivity contribution in [2.45, 2.75) is 90.3 Å². The first-order valence-electron chi connectivity index (χ1n) is 16.1. The number of nitrogens with zero attached hydrogens (tertiary/aromatic N) is 7. The van der Waals surface area contributed by atoms with Gasteiger partial charge in [0, 0.05) is 29.9 Å². The Morgan fingerprint density at radius 2 is 1.70 bits per heavy atom. The molecule has 5 aromatic rings. The Bertz CT molecular complexity index is 2150. The highest BCUT2D eigenvalue weighted by atomic mass is 19.1. The average Bonchev–Trinajstić information content (AvgIpc) is 3.88. The molecule has 4 heterocycles. The predicted octanol–water partition coefficient (Wildman–Crippen LogP) is 6.74. The molecule has 3 aromatic heterocycles. The van der Waals surface area contributed by atoms with E-state index in [-0.39, 0.29) is 17.5 Å². The predicted molar refractivity (Wildman–Crippen MR) is 172 cm³/mol. The van der Waals surface area contributed by atoms with Crippen LogP contribution >= 0.6 is 0 Å². The minimum atomic E-state index is -0.696. The van der Waals surface area contributed by atoms with Crippen molar-refractivity contribution in [1.82, 2.24) is 33.6 Å². The molecular weight excluding hydrogens is 604 g/mol. The van der Waals surface area contributed by atoms with Crippen molar-refractivity contribution >= 4 is 17.0 Å². The van der Waals surface area contributed by atoms with Crippen LogP contribution in [0.1, 0.15) is 87.8 Å². The van der Waals surface area contributed by atoms with Crippen molar-refractivity contribution in [2.75, 3.05) is 6.54 Å². The van der Waals surface area contributed by atoms with Crippen LogP contribution in [0.15, 0.2) is 47.7 Å². The van der Waals surface area contributed by atoms with Gasteiger partial charge in [0.25, 0.3) is 0 Å². The Balaban J connectivity index is 1.33. The normalized spacial score (nSPS) is 18.6. The maximum absolute atomic E-state index is 16.0. The number of carbonyl (C=O) groups excluding carboxylic acids is 1. The number of ether oxygens (including phenoxy) is 1. The van der Waals surface area contributed by atoms with E-state index in [4.69, 9.17) is 9.84 Å². The van der Waals surface area contributed by atoms with Crippen molar-refractivity contribution in [2.24, 2.45) is 0 Å². The molecule has 244 valence electrons. The topological polar surface area (TPSA) is 92.1 Å². The summed E-state index contributed by atoms with van der Waals surface area (Å²) in [5.41, 5.74) is 2.17. The van der Waals surface area contributed by atoms with Crippen molar-refractivity contribution in [1.29, 1.82) is 0 Å². The van der Waals surface area contributed by atoms with Gasteiger partial charge in [0.1, 0.15) is 17.2 Å². The Hall–Kier alpha value is -4.74. The largest absolute Gasteiger partial charge is 0.444 e. The number of hydrogen-bond acceptors (Lipinski definition) is 5. The number of hydrogen-bond donors (Lipinski definition) is 0. The average molecular weight is 642 g/mol. The van der Waals surface area contributed by atoms with E-state index in [2.05, 4.69) is 5.10 Å². The van der Waals surface area contributed by atoms with E-state index in [1.165, 1.54) is 21.5 Å². The highest BCUT2D eigenvalue weighted by Gasteiger charge is 2.56. The Kier molecular flexibility index (Phi) is 6.23. The lowest BCUT2D eigenvalue weighted by Gasteiger charge is -2.38. The third kappa shape index (κ3) is 4.55. The molecule has 2 saturated carbocycles. The minimum Gasteiger partial charge on any atom is -0.444 e. The summed E-state index contributed by atoms with van der Waals surface area (Å²) < 4.78 is 42.9. The number of imidazole rings is 1. The van der Waals surface area contributed by atoms with E-state index in [0.717, 1.165) is 31.4 Å². The maximum Gasteiger partial charge on any atom is 0.410 e. The molecule has 12 heteroatoms. The van der Waals surface area contributed by atoms with E-state index in [0.29, 0.717) is 45.6 Å². The number of fused-ring (bicyclic) bond motifs is 3. The van der Waals surface area contributed by atoms with Gasteiger partial charge in [-0.15, -0.1) is 0 Å². The van der Waals surface area contributed by atoms with Crippen molar-refractivity contribution < 1.29 is 18.3 Å². The molecule has 8 rings (SSSR count). The molecule has 0 N–H and O–H groups in total. The lowest BCUT2D eigenvalue weighted by Crippen LogP contribution is -2.46. The first kappa shape index (κ1) is 29.6. The van der Waals surface area contributed by atoms with Crippen molar-refractivity contribution in [3.63, 3.8) is 0 Å². The van der Waals surface area contributed by atoms with Crippen LogP contribution in [0.3, 0.4) is 0 Å². The zero-order valence-electron chi connectivity index (χ0n) is 27.3. The molecule has 0 bridgehead atoms. The number of carbonyl (C=O) groups is 1. The standard InChI is InChI=1S/C35H37F2N7O3/c1-19-15-23(16-20(2)28(19)36)44-31(27-21(3)42(33(46)47-34(4,5)6)18-35(11-12-35)30(27)39-44)41-14-13-40(32(41)45)26-10-9-25-24(29(26)37)17-38-43(25)22-7-8-22/h9-10,13-17,21-22H,7-8,11-12,18H2,1-6H3/t21-/m0/s1. The van der Waals surface area contributed by atoms with Crippen LogP contribution in [0.4, 0.5) is 13.6 Å². The fourth-order valence-electron chi connectivity index (χ4n) is 7.03. The van der Waals surface area contributed by atoms with Gasteiger partial charge in [-0.25, -0.2) is 23.1 Å². The third-order valence-electron chi connectivity index (χ3n) is 9.76. The van der Waals surface area contributed by atoms with E-state index in [1.807, 2.05) is 32.4 Å². The van der Waals surface area contributed by atoms with E-state index in [9.17, 15) is 14.0 Å². The molecule has 2 aromatic carbocycles. The second kappa shape index (κ2) is 9.88. The number of rotatable bonds is 4. The van der Waals surface area contributed by atoms with Crippen molar-refractivity contribution in [3.8, 4) is 17.2 Å². The van der Waals surface area contributed by atoms with Crippen molar-refractivity contribution in [3.05, 3.63) is 87.4 Å². The van der Waals surface area contributed by atoms with Crippen LogP contribution in [-0.2, 0) is 10.2 Å². The van der Waals surface area contributed by atoms with Gasteiger partial charge in [-0.1, -0.05) is 0 Å². The molecule has 1 aliphatic heterocycles. The van der Waals surface area contributed by atoms with Crippen LogP contribution in [0, 0.1) is 25.5 Å². The Labute approximate surface area is 270 Å². The highest BCUT2D eigenvalue weighted by molar-refractivity contribution is 5.82. The summed E-state index contributed by atoms with van der Waals surface area (Å²) in [6.45, 7) is 11.2. The molecular formula is C35H37F2N7O3. The number of amides is 1.